The summed E-state index contributed by atoms with van der Waals surface area (Å²) in [7, 11) is -2.76. The van der Waals surface area contributed by atoms with E-state index in [0.717, 1.165) is 17.2 Å². The summed E-state index contributed by atoms with van der Waals surface area (Å²) in [6, 6.07) is 3.99. The topological polar surface area (TPSA) is 27.7 Å². The molecule has 7 heteroatoms. The summed E-state index contributed by atoms with van der Waals surface area (Å²) in [5.41, 5.74) is 0. The Morgan fingerprint density at radius 1 is 1.00 bits per heavy atom. The van der Waals surface area contributed by atoms with Crippen LogP contribution in [-0.4, -0.2) is 27.8 Å². The first-order valence-corrected chi connectivity index (χ1v) is 13.9. The predicted octanol–water partition coefficient (Wildman–Crippen LogP) is -0.185. The zero-order chi connectivity index (χ0) is 14.7. The van der Waals surface area contributed by atoms with Crippen LogP contribution in [0.25, 0.3) is 0 Å². The van der Waals surface area contributed by atoms with Gasteiger partial charge in [-0.1, -0.05) is 20.8 Å². The molecule has 0 unspecified atom stereocenters. The van der Waals surface area contributed by atoms with Gasteiger partial charge in [0, 0.05) is 0 Å². The van der Waals surface area contributed by atoms with E-state index in [1.54, 1.807) is 0 Å². The van der Waals surface area contributed by atoms with Crippen LogP contribution < -0.4 is 32.1 Å². The summed E-state index contributed by atoms with van der Waals surface area (Å²) in [6.45, 7) is 15.5. The monoisotopic (exact) mass is 322 g/mol. The Morgan fingerprint density at radius 3 is 1.70 bits per heavy atom. The van der Waals surface area contributed by atoms with Gasteiger partial charge < -0.3 is 13.3 Å². The molecular weight excluding hydrogens is 295 g/mol. The fourth-order valence-corrected chi connectivity index (χ4v) is 3.57. The van der Waals surface area contributed by atoms with Gasteiger partial charge in [-0.15, -0.1) is 12.1 Å². The van der Waals surface area contributed by atoms with Crippen molar-refractivity contribution in [1.29, 1.82) is 0 Å². The molecule has 110 valence electrons. The van der Waals surface area contributed by atoms with Crippen LogP contribution >= 0.6 is 0 Å². The molecule has 1 rings (SSSR count). The second kappa shape index (κ2) is 7.85. The molecule has 0 fully saturated rings. The fourth-order valence-electron chi connectivity index (χ4n) is 1.49. The molecule has 1 aromatic carbocycles. The van der Waals surface area contributed by atoms with Crippen molar-refractivity contribution in [3.63, 3.8) is 0 Å². The van der Waals surface area contributed by atoms with E-state index in [4.69, 9.17) is 13.3 Å². The van der Waals surface area contributed by atoms with Crippen molar-refractivity contribution >= 4 is 27.8 Å². The fraction of sp³-hybridized carbons (Fsp3) is 0.615. The van der Waals surface area contributed by atoms with Crippen LogP contribution in [0, 0.1) is 0 Å². The Labute approximate surface area is 141 Å². The summed E-state index contributed by atoms with van der Waals surface area (Å²) in [6.07, 6.45) is 0. The first kappa shape index (κ1) is 20.0. The summed E-state index contributed by atoms with van der Waals surface area (Å²) in [5.74, 6) is 2.65. The predicted molar refractivity (Wildman–Crippen MR) is 89.9 cm³/mol. The van der Waals surface area contributed by atoms with E-state index in [9.17, 15) is 0 Å². The third kappa shape index (κ3) is 5.08. The zero-order valence-electron chi connectivity index (χ0n) is 14.3. The molecule has 0 bridgehead atoms. The largest absolute Gasteiger partial charge is 1.00 e. The maximum atomic E-state index is 6.29. The average molecular weight is 323 g/mol. The van der Waals surface area contributed by atoms with Gasteiger partial charge in [-0.25, -0.2) is 0 Å². The maximum absolute atomic E-state index is 6.29. The number of hydrogen-bond acceptors (Lipinski definition) is 3. The Balaban J connectivity index is 0.00000361. The van der Waals surface area contributed by atoms with Gasteiger partial charge in [0.25, 0.3) is 0 Å². The first-order valence-electron chi connectivity index (χ1n) is 6.96. The molecule has 0 saturated heterocycles. The van der Waals surface area contributed by atoms with Crippen molar-refractivity contribution in [1.82, 2.24) is 0 Å². The first-order chi connectivity index (χ1) is 8.71. The van der Waals surface area contributed by atoms with Gasteiger partial charge >= 0.3 is 18.9 Å². The van der Waals surface area contributed by atoms with Crippen molar-refractivity contribution < 1.29 is 32.1 Å². The van der Waals surface area contributed by atoms with E-state index >= 15 is 0 Å². The van der Waals surface area contributed by atoms with Gasteiger partial charge in [0.05, 0.1) is 0 Å². The minimum atomic E-state index is -1.79. The van der Waals surface area contributed by atoms with Gasteiger partial charge in [0.15, 0.2) is 19.5 Å². The number of hydrogen-bond donors (Lipinski definition) is 0. The van der Waals surface area contributed by atoms with E-state index in [1.165, 1.54) is 0 Å². The average Bonchev–Trinajstić information content (AvgIpc) is 2.59. The van der Waals surface area contributed by atoms with Crippen molar-refractivity contribution in [3.8, 4) is 17.2 Å². The minimum absolute atomic E-state index is 0. The molecular formula is C13H27LiO3Si3. The van der Waals surface area contributed by atoms with Gasteiger partial charge in [0.1, 0.15) is 0 Å². The molecule has 20 heavy (non-hydrogen) atoms. The quantitative estimate of drug-likeness (QED) is 0.537. The summed E-state index contributed by atoms with van der Waals surface area (Å²) >= 11 is 0. The molecule has 0 radical (unpaired) electrons. The summed E-state index contributed by atoms with van der Waals surface area (Å²) in [5, 5.41) is 0.200. The third-order valence-corrected chi connectivity index (χ3v) is 9.13. The van der Waals surface area contributed by atoms with Gasteiger partial charge in [-0.05, 0) is 48.5 Å². The molecule has 0 spiro atoms. The smallest absolute Gasteiger partial charge is 0.612 e. The van der Waals surface area contributed by atoms with Gasteiger partial charge in [0.2, 0.25) is 8.32 Å². The Morgan fingerprint density at radius 2 is 1.40 bits per heavy atom. The van der Waals surface area contributed by atoms with Gasteiger partial charge in [-0.2, -0.15) is 0 Å². The molecule has 0 aliphatic rings. The Bertz CT molecular complexity index is 390. The zero-order valence-corrected chi connectivity index (χ0v) is 18.1. The SMILES string of the molecule is C[SiH2]Oc1c[c-](O[Si](C)(C)C(C)(C)C)cc1O[SiH2]C.[Li+]. The maximum Gasteiger partial charge on any atom is 1.00 e. The second-order valence-electron chi connectivity index (χ2n) is 6.15. The molecule has 0 aliphatic carbocycles. The van der Waals surface area contributed by atoms with Crippen LogP contribution in [0.15, 0.2) is 12.1 Å². The van der Waals surface area contributed by atoms with Crippen molar-refractivity contribution in [2.45, 2.75) is 52.0 Å². The number of rotatable bonds is 6. The third-order valence-electron chi connectivity index (χ3n) is 3.57. The minimum Gasteiger partial charge on any atom is -0.612 e. The standard InChI is InChI=1S/C13H27O3Si3.Li/c1-13(2,3)19(6,7)16-10-8-11(14-17-4)12(9-10)15-18-5;/h8-9H,17-18H2,1-7H3;/q-1;+1. The van der Waals surface area contributed by atoms with Crippen LogP contribution in [0.1, 0.15) is 20.8 Å². The summed E-state index contributed by atoms with van der Waals surface area (Å²) < 4.78 is 17.8. The molecule has 0 N–H and O–H groups in total. The molecule has 0 aromatic heterocycles. The van der Waals surface area contributed by atoms with Gasteiger partial charge in [-0.3, -0.25) is 0 Å². The Hall–Kier alpha value is -0.00195. The molecule has 3 nitrogen and oxygen atoms in total. The normalized spacial score (nSPS) is 12.9. The molecule has 0 saturated carbocycles. The van der Waals surface area contributed by atoms with Crippen LogP contribution in [0.4, 0.5) is 0 Å². The second-order valence-corrected chi connectivity index (χ2v) is 12.6. The Kier molecular flexibility index (Phi) is 7.85. The molecule has 0 atom stereocenters. The molecule has 0 amide bonds. The van der Waals surface area contributed by atoms with Crippen molar-refractivity contribution in [2.75, 3.05) is 0 Å². The van der Waals surface area contributed by atoms with E-state index in [-0.39, 0.29) is 23.9 Å². The molecule has 0 heterocycles. The van der Waals surface area contributed by atoms with Crippen LogP contribution in [-0.2, 0) is 0 Å². The van der Waals surface area contributed by atoms with Crippen molar-refractivity contribution in [2.24, 2.45) is 0 Å². The van der Waals surface area contributed by atoms with E-state index in [2.05, 4.69) is 47.0 Å². The van der Waals surface area contributed by atoms with E-state index < -0.39 is 27.8 Å². The van der Waals surface area contributed by atoms with Crippen LogP contribution in [0.2, 0.25) is 31.2 Å². The summed E-state index contributed by atoms with van der Waals surface area (Å²) in [4.78, 5) is 0. The van der Waals surface area contributed by atoms with Crippen molar-refractivity contribution in [3.05, 3.63) is 12.1 Å². The van der Waals surface area contributed by atoms with E-state index in [1.807, 2.05) is 12.1 Å². The van der Waals surface area contributed by atoms with Crippen LogP contribution in [0.5, 0.6) is 17.2 Å². The molecule has 0 aliphatic heterocycles. The van der Waals surface area contributed by atoms with Crippen LogP contribution in [0.3, 0.4) is 0 Å². The molecule has 1 aromatic rings. The van der Waals surface area contributed by atoms with E-state index in [0.29, 0.717) is 0 Å².